The molecule has 3 aromatic heterocycles. The van der Waals surface area contributed by atoms with Gasteiger partial charge in [0, 0.05) is 23.9 Å². The van der Waals surface area contributed by atoms with E-state index in [1.54, 1.807) is 24.4 Å². The Morgan fingerprint density at radius 2 is 2.23 bits per heavy atom. The van der Waals surface area contributed by atoms with Crippen LogP contribution in [0.1, 0.15) is 42.4 Å². The van der Waals surface area contributed by atoms with E-state index in [1.165, 1.54) is 35.8 Å². The summed E-state index contributed by atoms with van der Waals surface area (Å²) >= 11 is 2.63. The van der Waals surface area contributed by atoms with Gasteiger partial charge in [-0.25, -0.2) is 4.79 Å². The summed E-state index contributed by atoms with van der Waals surface area (Å²) < 4.78 is 12.7. The van der Waals surface area contributed by atoms with Gasteiger partial charge in [0.1, 0.15) is 22.1 Å². The Kier molecular flexibility index (Phi) is 6.53. The zero-order valence-corrected chi connectivity index (χ0v) is 18.2. The van der Waals surface area contributed by atoms with Crippen LogP contribution in [0.4, 0.5) is 5.00 Å². The number of carbonyl (C=O) groups is 2. The maximum atomic E-state index is 12.6. The van der Waals surface area contributed by atoms with Crippen molar-refractivity contribution in [3.8, 4) is 11.3 Å². The minimum atomic E-state index is -0.490. The molecule has 0 radical (unpaired) electrons. The lowest BCUT2D eigenvalue weighted by atomic mass is 10.1. The summed E-state index contributed by atoms with van der Waals surface area (Å²) in [7, 11) is 0. The van der Waals surface area contributed by atoms with Crippen LogP contribution in [0.5, 0.6) is 0 Å². The lowest BCUT2D eigenvalue weighted by Gasteiger charge is -2.08. The molecule has 3 aromatic rings. The van der Waals surface area contributed by atoms with Crippen molar-refractivity contribution in [3.63, 3.8) is 0 Å². The third kappa shape index (κ3) is 4.44. The highest BCUT2D eigenvalue weighted by Gasteiger charge is 2.24. The van der Waals surface area contributed by atoms with Gasteiger partial charge in [-0.2, -0.15) is 0 Å². The molecule has 0 saturated carbocycles. The van der Waals surface area contributed by atoms with Crippen molar-refractivity contribution in [1.82, 2.24) is 14.8 Å². The number of nitrogens with one attached hydrogen (secondary N) is 1. The van der Waals surface area contributed by atoms with E-state index in [0.29, 0.717) is 21.9 Å². The lowest BCUT2D eigenvalue weighted by molar-refractivity contribution is -0.113. The molecule has 10 heteroatoms. The molecule has 1 aliphatic rings. The number of carbonyl (C=O) groups excluding carboxylic acids is 2. The Morgan fingerprint density at radius 3 is 3.03 bits per heavy atom. The van der Waals surface area contributed by atoms with E-state index in [9.17, 15) is 9.59 Å². The molecule has 30 heavy (non-hydrogen) atoms. The predicted octanol–water partition coefficient (Wildman–Crippen LogP) is 4.23. The van der Waals surface area contributed by atoms with Crippen LogP contribution < -0.4 is 5.32 Å². The zero-order chi connectivity index (χ0) is 20.9. The fourth-order valence-electron chi connectivity index (χ4n) is 3.33. The van der Waals surface area contributed by atoms with E-state index in [2.05, 4.69) is 20.1 Å². The summed E-state index contributed by atoms with van der Waals surface area (Å²) in [5.41, 5.74) is 0.917. The van der Waals surface area contributed by atoms with Gasteiger partial charge in [0.15, 0.2) is 5.16 Å². The topological polar surface area (TPSA) is 99.2 Å². The van der Waals surface area contributed by atoms with Crippen molar-refractivity contribution >= 4 is 40.0 Å². The number of aromatic nitrogens is 3. The van der Waals surface area contributed by atoms with Gasteiger partial charge >= 0.3 is 5.97 Å². The molecule has 158 valence electrons. The first-order valence-electron chi connectivity index (χ1n) is 9.84. The zero-order valence-electron chi connectivity index (χ0n) is 16.6. The fourth-order valence-corrected chi connectivity index (χ4v) is 5.06. The van der Waals surface area contributed by atoms with E-state index in [0.717, 1.165) is 36.8 Å². The summed E-state index contributed by atoms with van der Waals surface area (Å²) in [6.45, 7) is 2.87. The molecule has 0 fully saturated rings. The van der Waals surface area contributed by atoms with Crippen LogP contribution in [-0.4, -0.2) is 39.0 Å². The lowest BCUT2D eigenvalue weighted by Crippen LogP contribution is -2.17. The first-order valence-corrected chi connectivity index (χ1v) is 11.7. The van der Waals surface area contributed by atoms with Crippen molar-refractivity contribution in [3.05, 3.63) is 35.2 Å². The minimum Gasteiger partial charge on any atom is -0.464 e. The number of aryl methyl sites for hydroxylation is 1. The summed E-state index contributed by atoms with van der Waals surface area (Å²) in [6.07, 6.45) is 5.86. The Labute approximate surface area is 182 Å². The number of thioether (sulfide) groups is 1. The molecule has 1 N–H and O–H groups in total. The number of rotatable bonds is 7. The number of thiophene rings is 1. The van der Waals surface area contributed by atoms with Gasteiger partial charge in [0.05, 0.1) is 18.6 Å². The Balaban J connectivity index is 1.47. The smallest absolute Gasteiger partial charge is 0.341 e. The first kappa shape index (κ1) is 20.7. The maximum Gasteiger partial charge on any atom is 0.341 e. The molecule has 0 aromatic carbocycles. The number of hydrogen-bond acceptors (Lipinski definition) is 8. The molecule has 0 unspecified atom stereocenters. The van der Waals surface area contributed by atoms with E-state index >= 15 is 0 Å². The number of esters is 1. The first-order chi connectivity index (χ1) is 14.7. The number of nitrogens with zero attached hydrogens (tertiary/aromatic N) is 3. The maximum absolute atomic E-state index is 12.6. The molecule has 1 aliphatic heterocycles. The normalized spacial score (nSPS) is 13.5. The molecule has 1 amide bonds. The monoisotopic (exact) mass is 446 g/mol. The second kappa shape index (κ2) is 9.48. The molecule has 4 rings (SSSR count). The summed E-state index contributed by atoms with van der Waals surface area (Å²) in [5, 5.41) is 14.3. The van der Waals surface area contributed by atoms with Gasteiger partial charge < -0.3 is 19.0 Å². The summed E-state index contributed by atoms with van der Waals surface area (Å²) in [5.74, 6) is 1.01. The van der Waals surface area contributed by atoms with Gasteiger partial charge in [-0.05, 0) is 31.9 Å². The van der Waals surface area contributed by atoms with Crippen molar-refractivity contribution in [2.45, 2.75) is 44.3 Å². The Hall–Kier alpha value is -2.59. The van der Waals surface area contributed by atoms with Crippen LogP contribution >= 0.6 is 23.1 Å². The summed E-state index contributed by atoms with van der Waals surface area (Å²) in [6, 6.07) is 3.52. The minimum absolute atomic E-state index is 0.175. The highest BCUT2D eigenvalue weighted by atomic mass is 32.2. The van der Waals surface area contributed by atoms with Crippen LogP contribution in [-0.2, 0) is 22.5 Å². The van der Waals surface area contributed by atoms with E-state index in [-0.39, 0.29) is 18.3 Å². The predicted molar refractivity (Wildman–Crippen MR) is 115 cm³/mol. The molecule has 8 nitrogen and oxygen atoms in total. The average molecular weight is 447 g/mol. The molecule has 0 bridgehead atoms. The number of fused-ring (bicyclic) bond motifs is 1. The summed E-state index contributed by atoms with van der Waals surface area (Å²) in [4.78, 5) is 25.1. The molecule has 0 spiro atoms. The van der Waals surface area contributed by atoms with E-state index < -0.39 is 5.97 Å². The molecular formula is C20H22N4O4S2. The van der Waals surface area contributed by atoms with Crippen molar-refractivity contribution in [2.75, 3.05) is 17.7 Å². The number of anilines is 1. The molecule has 4 heterocycles. The highest BCUT2D eigenvalue weighted by Crippen LogP contribution is 2.36. The number of furan rings is 1. The quantitative estimate of drug-likeness (QED) is 0.428. The largest absolute Gasteiger partial charge is 0.464 e. The van der Waals surface area contributed by atoms with Crippen LogP contribution in [0.25, 0.3) is 11.3 Å². The van der Waals surface area contributed by atoms with Gasteiger partial charge in [0.25, 0.3) is 0 Å². The molecule has 0 aliphatic carbocycles. The molecule has 0 saturated heterocycles. The van der Waals surface area contributed by atoms with E-state index in [4.69, 9.17) is 9.15 Å². The van der Waals surface area contributed by atoms with Gasteiger partial charge in [0.2, 0.25) is 5.91 Å². The number of hydrogen-bond donors (Lipinski definition) is 1. The second-order valence-corrected chi connectivity index (χ2v) is 8.57. The Bertz CT molecular complexity index is 1030. The number of ether oxygens (including phenoxy) is 1. The van der Waals surface area contributed by atoms with Gasteiger partial charge in [-0.1, -0.05) is 18.2 Å². The fraction of sp³-hybridized carbons (Fsp3) is 0.400. The molecular weight excluding hydrogens is 424 g/mol. The third-order valence-electron chi connectivity index (χ3n) is 4.72. The highest BCUT2D eigenvalue weighted by molar-refractivity contribution is 7.99. The Morgan fingerprint density at radius 1 is 1.33 bits per heavy atom. The van der Waals surface area contributed by atoms with E-state index in [1.807, 2.05) is 0 Å². The van der Waals surface area contributed by atoms with Crippen molar-refractivity contribution in [1.29, 1.82) is 0 Å². The second-order valence-electron chi connectivity index (χ2n) is 6.75. The SMILES string of the molecule is CCOC(=O)c1c(-c2ccco2)csc1NC(=O)CSc1nnc2n1CCCCC2. The van der Waals surface area contributed by atoms with Crippen molar-refractivity contribution < 1.29 is 18.7 Å². The van der Waals surface area contributed by atoms with Crippen LogP contribution in [0.15, 0.2) is 33.3 Å². The van der Waals surface area contributed by atoms with Gasteiger partial charge in [-0.15, -0.1) is 21.5 Å². The van der Waals surface area contributed by atoms with Gasteiger partial charge in [-0.3, -0.25) is 4.79 Å². The third-order valence-corrected chi connectivity index (χ3v) is 6.58. The van der Waals surface area contributed by atoms with Crippen molar-refractivity contribution in [2.24, 2.45) is 0 Å². The average Bonchev–Trinajstić information content (AvgIpc) is 3.44. The van der Waals surface area contributed by atoms with Crippen LogP contribution in [0.2, 0.25) is 0 Å². The number of amides is 1. The van der Waals surface area contributed by atoms with Crippen LogP contribution in [0.3, 0.4) is 0 Å². The standard InChI is InChI=1S/C20H22N4O4S2/c1-2-27-19(26)17-13(14-7-6-10-28-14)11-29-18(17)21-16(25)12-30-20-23-22-15-8-4-3-5-9-24(15)20/h6-7,10-11H,2-5,8-9,12H2,1H3,(H,21,25). The van der Waals surface area contributed by atoms with Crippen LogP contribution in [0, 0.1) is 0 Å². The molecule has 0 atom stereocenters.